The zero-order valence-corrected chi connectivity index (χ0v) is 27.1. The van der Waals surface area contributed by atoms with Crippen LogP contribution < -0.4 is 0 Å². The molecule has 0 saturated carbocycles. The van der Waals surface area contributed by atoms with E-state index in [0.717, 1.165) is 12.8 Å². The quantitative estimate of drug-likeness (QED) is 0.181. The molecule has 0 spiro atoms. The Morgan fingerprint density at radius 1 is 0.327 bits per heavy atom. The van der Waals surface area contributed by atoms with Gasteiger partial charge >= 0.3 is 0 Å². The fraction of sp³-hybridized carbons (Fsp3) is 0.0417. The highest BCUT2D eigenvalue weighted by atomic mass is 15.0. The van der Waals surface area contributed by atoms with Gasteiger partial charge in [0.05, 0.1) is 11.0 Å². The maximum Gasteiger partial charge on any atom is 0.0619 e. The second-order valence-electron chi connectivity index (χ2n) is 13.3. The Labute approximate surface area is 286 Å². The Morgan fingerprint density at radius 2 is 0.837 bits per heavy atom. The normalized spacial score (nSPS) is 12.3. The highest BCUT2D eigenvalue weighted by Crippen LogP contribution is 2.43. The number of nitrogens with zero attached hydrogens (tertiary/aromatic N) is 1. The monoisotopic (exact) mass is 623 g/mol. The molecule has 1 aromatic heterocycles. The van der Waals surface area contributed by atoms with Crippen molar-refractivity contribution in [3.05, 3.63) is 198 Å². The molecule has 1 nitrogen and oxygen atoms in total. The molecule has 1 aliphatic rings. The standard InChI is InChI=1S/C48H33N/c1-2-17-37(18-3-1)49-47-25-13-12-23-43(47)46-31-45(42-22-10-11-24-44(42)48(46)49)35-26-27-41-36(30-35)29-34-16-6-8-20-39(34)38-19-7-4-14-32(38)28-33-15-5-9-21-40(33)41/h1-27,30-31H,28-29H2. The minimum atomic E-state index is 0.857. The average Bonchev–Trinajstić information content (AvgIpc) is 3.50. The first-order chi connectivity index (χ1) is 24.3. The van der Waals surface area contributed by atoms with Crippen LogP contribution in [0.15, 0.2) is 176 Å². The number of hydrogen-bond acceptors (Lipinski definition) is 0. The first-order valence-electron chi connectivity index (χ1n) is 17.2. The van der Waals surface area contributed by atoms with Gasteiger partial charge in [-0.25, -0.2) is 0 Å². The summed E-state index contributed by atoms with van der Waals surface area (Å²) < 4.78 is 2.44. The molecule has 0 amide bonds. The molecule has 0 N–H and O–H groups in total. The van der Waals surface area contributed by atoms with E-state index in [1.807, 2.05) is 0 Å². The number of benzene rings is 8. The molecule has 0 unspecified atom stereocenters. The van der Waals surface area contributed by atoms with Gasteiger partial charge in [0.25, 0.3) is 0 Å². The second-order valence-corrected chi connectivity index (χ2v) is 13.3. The minimum absolute atomic E-state index is 0.857. The Morgan fingerprint density at radius 3 is 1.51 bits per heavy atom. The number of hydrogen-bond donors (Lipinski definition) is 0. The lowest BCUT2D eigenvalue weighted by molar-refractivity contribution is 1.15. The van der Waals surface area contributed by atoms with Crippen LogP contribution in [0.2, 0.25) is 0 Å². The van der Waals surface area contributed by atoms with Gasteiger partial charge in [0.15, 0.2) is 0 Å². The number of aromatic nitrogens is 1. The van der Waals surface area contributed by atoms with Gasteiger partial charge < -0.3 is 4.57 Å². The van der Waals surface area contributed by atoms with E-state index < -0.39 is 0 Å². The fourth-order valence-corrected chi connectivity index (χ4v) is 8.30. The summed E-state index contributed by atoms with van der Waals surface area (Å²) >= 11 is 0. The number of para-hydroxylation sites is 2. The first kappa shape index (κ1) is 27.9. The van der Waals surface area contributed by atoms with Crippen molar-refractivity contribution < 1.29 is 0 Å². The largest absolute Gasteiger partial charge is 0.309 e. The maximum atomic E-state index is 2.47. The minimum Gasteiger partial charge on any atom is -0.309 e. The van der Waals surface area contributed by atoms with Crippen molar-refractivity contribution in [3.8, 4) is 39.1 Å². The van der Waals surface area contributed by atoms with Gasteiger partial charge in [-0.2, -0.15) is 0 Å². The summed E-state index contributed by atoms with van der Waals surface area (Å²) in [6.45, 7) is 0. The van der Waals surface area contributed by atoms with Gasteiger partial charge in [-0.05, 0) is 98.1 Å². The molecule has 0 fully saturated rings. The van der Waals surface area contributed by atoms with Crippen molar-refractivity contribution in [1.29, 1.82) is 0 Å². The molecule has 8 aromatic carbocycles. The Bertz CT molecular complexity index is 2710. The van der Waals surface area contributed by atoms with Crippen LogP contribution in [0.5, 0.6) is 0 Å². The lowest BCUT2D eigenvalue weighted by atomic mass is 9.83. The van der Waals surface area contributed by atoms with Gasteiger partial charge in [-0.1, -0.05) is 152 Å². The van der Waals surface area contributed by atoms with E-state index in [9.17, 15) is 0 Å². The van der Waals surface area contributed by atoms with Crippen molar-refractivity contribution in [1.82, 2.24) is 4.57 Å². The van der Waals surface area contributed by atoms with Gasteiger partial charge in [-0.15, -0.1) is 0 Å². The van der Waals surface area contributed by atoms with Crippen molar-refractivity contribution in [2.45, 2.75) is 12.8 Å². The lowest BCUT2D eigenvalue weighted by Gasteiger charge is -2.21. The lowest BCUT2D eigenvalue weighted by Crippen LogP contribution is -2.03. The van der Waals surface area contributed by atoms with Crippen LogP contribution in [-0.4, -0.2) is 4.57 Å². The molecule has 9 aromatic rings. The fourth-order valence-electron chi connectivity index (χ4n) is 8.30. The van der Waals surface area contributed by atoms with Crippen molar-refractivity contribution >= 4 is 32.6 Å². The smallest absolute Gasteiger partial charge is 0.0619 e. The average molecular weight is 624 g/mol. The maximum absolute atomic E-state index is 2.47. The molecular formula is C48H33N. The molecular weight excluding hydrogens is 591 g/mol. The van der Waals surface area contributed by atoms with E-state index >= 15 is 0 Å². The Kier molecular flexibility index (Phi) is 6.38. The summed E-state index contributed by atoms with van der Waals surface area (Å²) in [7, 11) is 0. The van der Waals surface area contributed by atoms with Crippen molar-refractivity contribution in [3.63, 3.8) is 0 Å². The first-order valence-corrected chi connectivity index (χ1v) is 17.2. The Hall–Kier alpha value is -6.18. The summed E-state index contributed by atoms with van der Waals surface area (Å²) in [6, 6.07) is 65.1. The van der Waals surface area contributed by atoms with Gasteiger partial charge in [0.2, 0.25) is 0 Å². The molecule has 0 atom stereocenters. The zero-order chi connectivity index (χ0) is 32.3. The van der Waals surface area contributed by atoms with Crippen molar-refractivity contribution in [2.75, 3.05) is 0 Å². The van der Waals surface area contributed by atoms with Gasteiger partial charge in [0, 0.05) is 21.8 Å². The summed E-state index contributed by atoms with van der Waals surface area (Å²) in [5.74, 6) is 0. The Balaban J connectivity index is 1.25. The van der Waals surface area contributed by atoms with E-state index in [0.29, 0.717) is 0 Å². The third-order valence-corrected chi connectivity index (χ3v) is 10.5. The van der Waals surface area contributed by atoms with Crippen molar-refractivity contribution in [2.24, 2.45) is 0 Å². The molecule has 0 bridgehead atoms. The zero-order valence-electron chi connectivity index (χ0n) is 27.1. The summed E-state index contributed by atoms with van der Waals surface area (Å²) in [4.78, 5) is 0. The van der Waals surface area contributed by atoms with E-state index in [1.54, 1.807) is 0 Å². The molecule has 230 valence electrons. The number of fused-ring (bicyclic) bond motifs is 11. The van der Waals surface area contributed by atoms with E-state index in [-0.39, 0.29) is 0 Å². The van der Waals surface area contributed by atoms with Crippen LogP contribution in [0.3, 0.4) is 0 Å². The van der Waals surface area contributed by atoms with Gasteiger partial charge in [0.1, 0.15) is 0 Å². The SMILES string of the molecule is c1ccc(-n2c3ccccc3c3cc(-c4ccc5c(c4)Cc4ccccc4-c4ccccc4Cc4ccccc4-5)c4ccccc4c32)cc1. The molecule has 0 saturated heterocycles. The van der Waals surface area contributed by atoms with Crippen LogP contribution in [-0.2, 0) is 12.8 Å². The summed E-state index contributed by atoms with van der Waals surface area (Å²) in [5.41, 5.74) is 16.9. The highest BCUT2D eigenvalue weighted by Gasteiger charge is 2.21. The van der Waals surface area contributed by atoms with Crippen LogP contribution in [0.4, 0.5) is 0 Å². The van der Waals surface area contributed by atoms with Crippen LogP contribution in [0.1, 0.15) is 22.3 Å². The van der Waals surface area contributed by atoms with E-state index in [1.165, 1.54) is 93.9 Å². The summed E-state index contributed by atoms with van der Waals surface area (Å²) in [5, 5.41) is 5.08. The molecule has 49 heavy (non-hydrogen) atoms. The van der Waals surface area contributed by atoms with Gasteiger partial charge in [-0.3, -0.25) is 0 Å². The second kappa shape index (κ2) is 11.2. The molecule has 1 aliphatic carbocycles. The summed E-state index contributed by atoms with van der Waals surface area (Å²) in [6.07, 6.45) is 1.75. The van der Waals surface area contributed by atoms with Crippen LogP contribution in [0.25, 0.3) is 71.6 Å². The molecule has 1 heteroatoms. The highest BCUT2D eigenvalue weighted by molar-refractivity contribution is 6.22. The van der Waals surface area contributed by atoms with Crippen LogP contribution in [0, 0.1) is 0 Å². The predicted molar refractivity (Wildman–Crippen MR) is 207 cm³/mol. The third kappa shape index (κ3) is 4.47. The third-order valence-electron chi connectivity index (χ3n) is 10.5. The molecule has 1 heterocycles. The molecule has 0 radical (unpaired) electrons. The number of rotatable bonds is 2. The predicted octanol–water partition coefficient (Wildman–Crippen LogP) is 12.4. The topological polar surface area (TPSA) is 4.93 Å². The molecule has 0 aliphatic heterocycles. The molecule has 10 rings (SSSR count). The van der Waals surface area contributed by atoms with E-state index in [2.05, 4.69) is 180 Å². The van der Waals surface area contributed by atoms with E-state index in [4.69, 9.17) is 0 Å². The van der Waals surface area contributed by atoms with Crippen LogP contribution >= 0.6 is 0 Å².